The quantitative estimate of drug-likeness (QED) is 0.637. The molecule has 0 heterocycles. The van der Waals surface area contributed by atoms with E-state index < -0.39 is 11.3 Å². The van der Waals surface area contributed by atoms with Gasteiger partial charge in [0.1, 0.15) is 0 Å². The molecule has 0 saturated heterocycles. The van der Waals surface area contributed by atoms with Gasteiger partial charge in [0.25, 0.3) is 11.3 Å². The van der Waals surface area contributed by atoms with Crippen molar-refractivity contribution in [3.63, 3.8) is 0 Å². The summed E-state index contributed by atoms with van der Waals surface area (Å²) in [6, 6.07) is 7.27. The van der Waals surface area contributed by atoms with Gasteiger partial charge in [-0.2, -0.15) is 0 Å². The third-order valence-electron chi connectivity index (χ3n) is 1.31. The van der Waals surface area contributed by atoms with E-state index in [2.05, 4.69) is 20.7 Å². The van der Waals surface area contributed by atoms with Gasteiger partial charge >= 0.3 is 0 Å². The number of rotatable bonds is 3. The molecule has 0 bridgehead atoms. The lowest BCUT2D eigenvalue weighted by Crippen LogP contribution is -2.01. The second kappa shape index (κ2) is 4.59. The van der Waals surface area contributed by atoms with E-state index >= 15 is 0 Å². The smallest absolute Gasteiger partial charge is 0.259 e. The van der Waals surface area contributed by atoms with Gasteiger partial charge in [-0.1, -0.05) is 28.1 Å². The van der Waals surface area contributed by atoms with E-state index in [1.165, 1.54) is 0 Å². The van der Waals surface area contributed by atoms with Crippen molar-refractivity contribution in [3.05, 3.63) is 29.8 Å². The Labute approximate surface area is 81.7 Å². The molecule has 1 aromatic carbocycles. The molecule has 1 atom stereocenters. The zero-order valence-electron chi connectivity index (χ0n) is 6.16. The fraction of sp³-hybridized carbons (Fsp3) is 0.143. The monoisotopic (exact) mass is 249 g/mol. The van der Waals surface area contributed by atoms with Crippen LogP contribution in [0, 0.1) is 0 Å². The lowest BCUT2D eigenvalue weighted by Gasteiger charge is -2.00. The van der Waals surface area contributed by atoms with E-state index in [9.17, 15) is 4.21 Å². The van der Waals surface area contributed by atoms with Crippen LogP contribution in [-0.4, -0.2) is 8.76 Å². The zero-order valence-corrected chi connectivity index (χ0v) is 8.56. The van der Waals surface area contributed by atoms with Crippen molar-refractivity contribution in [2.45, 2.75) is 5.33 Å². The summed E-state index contributed by atoms with van der Waals surface area (Å²) in [6.07, 6.45) is 0. The molecule has 0 aliphatic carbocycles. The summed E-state index contributed by atoms with van der Waals surface area (Å²) in [5, 5.41) is 0.787. The maximum absolute atomic E-state index is 10.3. The number of benzene rings is 1. The molecule has 1 aromatic rings. The Kier molecular flexibility index (Phi) is 3.71. The van der Waals surface area contributed by atoms with Crippen molar-refractivity contribution in [2.75, 3.05) is 4.72 Å². The van der Waals surface area contributed by atoms with Crippen LogP contribution in [0.25, 0.3) is 0 Å². The molecule has 66 valence electrons. The molecular formula is C7H8BrNO2S. The molecule has 3 nitrogen and oxygen atoms in total. The van der Waals surface area contributed by atoms with Crippen molar-refractivity contribution in [3.8, 4) is 0 Å². The summed E-state index contributed by atoms with van der Waals surface area (Å²) in [6.45, 7) is 0. The maximum Gasteiger partial charge on any atom is 0.259 e. The van der Waals surface area contributed by atoms with E-state index in [0.717, 1.165) is 10.9 Å². The van der Waals surface area contributed by atoms with E-state index in [4.69, 9.17) is 4.55 Å². The van der Waals surface area contributed by atoms with Crippen molar-refractivity contribution in [1.29, 1.82) is 0 Å². The minimum absolute atomic E-state index is 0.639. The van der Waals surface area contributed by atoms with Crippen LogP contribution in [0.4, 0.5) is 5.69 Å². The standard InChI is InChI=1S/C7H8BrNO2S/c8-5-6-1-3-7(4-2-6)9-12(10)11/h1-4,9H,5H2,(H,10,11). The van der Waals surface area contributed by atoms with Crippen molar-refractivity contribution < 1.29 is 8.76 Å². The SMILES string of the molecule is O=S(O)Nc1ccc(CBr)cc1. The molecule has 0 fully saturated rings. The lowest BCUT2D eigenvalue weighted by atomic mass is 10.2. The van der Waals surface area contributed by atoms with Crippen LogP contribution in [0.2, 0.25) is 0 Å². The van der Waals surface area contributed by atoms with Crippen molar-refractivity contribution >= 4 is 32.9 Å². The normalized spacial score (nSPS) is 12.5. The van der Waals surface area contributed by atoms with Gasteiger partial charge in [0.15, 0.2) is 0 Å². The first kappa shape index (κ1) is 9.70. The van der Waals surface area contributed by atoms with E-state index in [0.29, 0.717) is 5.69 Å². The second-order valence-corrected chi connectivity index (χ2v) is 3.44. The van der Waals surface area contributed by atoms with Gasteiger partial charge in [-0.05, 0) is 17.7 Å². The summed E-state index contributed by atoms with van der Waals surface area (Å²) in [5.41, 5.74) is 1.77. The average Bonchev–Trinajstić information content (AvgIpc) is 2.05. The van der Waals surface area contributed by atoms with Gasteiger partial charge in [0.05, 0.1) is 0 Å². The Balaban J connectivity index is 2.71. The minimum Gasteiger partial charge on any atom is -0.289 e. The summed E-state index contributed by atoms with van der Waals surface area (Å²) in [4.78, 5) is 0. The molecule has 1 rings (SSSR count). The zero-order chi connectivity index (χ0) is 8.97. The summed E-state index contributed by atoms with van der Waals surface area (Å²) in [7, 11) is 0. The summed E-state index contributed by atoms with van der Waals surface area (Å²) >= 11 is 1.32. The molecule has 5 heteroatoms. The summed E-state index contributed by atoms with van der Waals surface area (Å²) < 4.78 is 21.2. The van der Waals surface area contributed by atoms with Gasteiger partial charge in [-0.3, -0.25) is 9.27 Å². The molecular weight excluding hydrogens is 242 g/mol. The Morgan fingerprint density at radius 2 is 2.00 bits per heavy atom. The van der Waals surface area contributed by atoms with Gasteiger partial charge in [0, 0.05) is 11.0 Å². The van der Waals surface area contributed by atoms with Gasteiger partial charge < -0.3 is 0 Å². The molecule has 0 aliphatic heterocycles. The highest BCUT2D eigenvalue weighted by atomic mass is 79.9. The van der Waals surface area contributed by atoms with Crippen LogP contribution in [0.5, 0.6) is 0 Å². The van der Waals surface area contributed by atoms with Crippen LogP contribution >= 0.6 is 15.9 Å². The molecule has 0 saturated carbocycles. The highest BCUT2D eigenvalue weighted by Gasteiger charge is 1.94. The van der Waals surface area contributed by atoms with Crippen molar-refractivity contribution in [1.82, 2.24) is 0 Å². The van der Waals surface area contributed by atoms with Crippen molar-refractivity contribution in [2.24, 2.45) is 0 Å². The van der Waals surface area contributed by atoms with Crippen LogP contribution in [-0.2, 0) is 16.6 Å². The largest absolute Gasteiger partial charge is 0.289 e. The third kappa shape index (κ3) is 2.92. The van der Waals surface area contributed by atoms with Crippen LogP contribution in [0.3, 0.4) is 0 Å². The molecule has 0 aliphatic rings. The third-order valence-corrected chi connectivity index (χ3v) is 2.37. The van der Waals surface area contributed by atoms with Gasteiger partial charge in [-0.15, -0.1) is 0 Å². The first-order valence-electron chi connectivity index (χ1n) is 3.25. The topological polar surface area (TPSA) is 49.3 Å². The highest BCUT2D eigenvalue weighted by molar-refractivity contribution is 9.08. The Morgan fingerprint density at radius 1 is 1.42 bits per heavy atom. The highest BCUT2D eigenvalue weighted by Crippen LogP contribution is 2.11. The molecule has 1 unspecified atom stereocenters. The molecule has 0 radical (unpaired) electrons. The fourth-order valence-electron chi connectivity index (χ4n) is 0.763. The predicted octanol–water partition coefficient (Wildman–Crippen LogP) is 2.13. The molecule has 12 heavy (non-hydrogen) atoms. The van der Waals surface area contributed by atoms with Crippen LogP contribution < -0.4 is 4.72 Å². The average molecular weight is 250 g/mol. The molecule has 2 N–H and O–H groups in total. The van der Waals surface area contributed by atoms with Gasteiger partial charge in [-0.25, -0.2) is 4.21 Å². The minimum atomic E-state index is -1.99. The first-order chi connectivity index (χ1) is 5.72. The number of hydrogen-bond donors (Lipinski definition) is 2. The maximum atomic E-state index is 10.3. The first-order valence-corrected chi connectivity index (χ1v) is 5.47. The Bertz CT molecular complexity index is 275. The second-order valence-electron chi connectivity index (χ2n) is 2.18. The van der Waals surface area contributed by atoms with Gasteiger partial charge in [0.2, 0.25) is 0 Å². The lowest BCUT2D eigenvalue weighted by molar-refractivity contribution is 0.570. The molecule has 0 spiro atoms. The molecule has 0 aromatic heterocycles. The Morgan fingerprint density at radius 3 is 2.42 bits per heavy atom. The van der Waals surface area contributed by atoms with Crippen LogP contribution in [0.15, 0.2) is 24.3 Å². The predicted molar refractivity (Wildman–Crippen MR) is 53.5 cm³/mol. The number of anilines is 1. The molecule has 0 amide bonds. The number of alkyl halides is 1. The fourth-order valence-corrected chi connectivity index (χ4v) is 1.47. The number of nitrogens with one attached hydrogen (secondary N) is 1. The van der Waals surface area contributed by atoms with E-state index in [-0.39, 0.29) is 0 Å². The number of hydrogen-bond acceptors (Lipinski definition) is 1. The number of halogens is 1. The van der Waals surface area contributed by atoms with E-state index in [1.54, 1.807) is 12.1 Å². The Hall–Kier alpha value is -0.390. The van der Waals surface area contributed by atoms with E-state index in [1.807, 2.05) is 12.1 Å². The van der Waals surface area contributed by atoms with Crippen LogP contribution in [0.1, 0.15) is 5.56 Å². The summed E-state index contributed by atoms with van der Waals surface area (Å²) in [5.74, 6) is 0.